The minimum atomic E-state index is 0.530. The molecule has 2 aromatic rings. The number of rotatable bonds is 3. The molecule has 0 saturated heterocycles. The normalized spacial score (nSPS) is 17.9. The van der Waals surface area contributed by atoms with Crippen LogP contribution in [0.3, 0.4) is 0 Å². The lowest BCUT2D eigenvalue weighted by atomic mass is 9.90. The van der Waals surface area contributed by atoms with Crippen molar-refractivity contribution in [3.63, 3.8) is 0 Å². The third kappa shape index (κ3) is 2.12. The molecule has 1 aromatic carbocycles. The van der Waals surface area contributed by atoms with Crippen molar-refractivity contribution in [2.24, 2.45) is 7.05 Å². The Morgan fingerprint density at radius 2 is 2.37 bits per heavy atom. The van der Waals surface area contributed by atoms with Gasteiger partial charge in [-0.3, -0.25) is 0 Å². The summed E-state index contributed by atoms with van der Waals surface area (Å²) in [6.07, 6.45) is 4.78. The van der Waals surface area contributed by atoms with Gasteiger partial charge in [-0.1, -0.05) is 12.1 Å². The quantitative estimate of drug-likeness (QED) is 0.916. The van der Waals surface area contributed by atoms with Crippen LogP contribution < -0.4 is 10.1 Å². The van der Waals surface area contributed by atoms with Gasteiger partial charge in [0, 0.05) is 25.1 Å². The highest BCUT2D eigenvalue weighted by Crippen LogP contribution is 2.40. The first-order valence-electron chi connectivity index (χ1n) is 6.68. The molecule has 0 spiro atoms. The molecule has 0 saturated carbocycles. The molecule has 0 fully saturated rings. The summed E-state index contributed by atoms with van der Waals surface area (Å²) in [5.41, 5.74) is 3.54. The number of nitrogens with zero attached hydrogens (tertiary/aromatic N) is 2. The Labute approximate surface area is 113 Å². The van der Waals surface area contributed by atoms with Crippen LogP contribution >= 0.6 is 0 Å². The highest BCUT2D eigenvalue weighted by atomic mass is 16.5. The van der Waals surface area contributed by atoms with E-state index in [0.29, 0.717) is 5.92 Å². The molecule has 2 heterocycles. The zero-order valence-electron chi connectivity index (χ0n) is 11.4. The van der Waals surface area contributed by atoms with Gasteiger partial charge in [-0.15, -0.1) is 0 Å². The summed E-state index contributed by atoms with van der Waals surface area (Å²) in [6.45, 7) is 1.78. The summed E-state index contributed by atoms with van der Waals surface area (Å²) in [6, 6.07) is 6.40. The first-order chi connectivity index (χ1) is 9.31. The molecule has 19 heavy (non-hydrogen) atoms. The van der Waals surface area contributed by atoms with Crippen molar-refractivity contribution in [1.29, 1.82) is 0 Å². The Kier molecular flexibility index (Phi) is 3.25. The Bertz CT molecular complexity index is 577. The molecule has 1 atom stereocenters. The van der Waals surface area contributed by atoms with Gasteiger partial charge < -0.3 is 14.6 Å². The van der Waals surface area contributed by atoms with E-state index in [1.165, 1.54) is 5.56 Å². The van der Waals surface area contributed by atoms with E-state index < -0.39 is 0 Å². The fourth-order valence-corrected chi connectivity index (χ4v) is 2.77. The molecular weight excluding hydrogens is 238 g/mol. The van der Waals surface area contributed by atoms with Gasteiger partial charge in [0.1, 0.15) is 5.75 Å². The van der Waals surface area contributed by atoms with E-state index in [1.54, 1.807) is 0 Å². The molecule has 0 amide bonds. The number of hydrogen-bond acceptors (Lipinski definition) is 3. The number of nitrogens with one attached hydrogen (secondary N) is 1. The van der Waals surface area contributed by atoms with Crippen LogP contribution in [-0.4, -0.2) is 29.8 Å². The van der Waals surface area contributed by atoms with Gasteiger partial charge >= 0.3 is 0 Å². The maximum atomic E-state index is 5.94. The number of imidazole rings is 1. The summed E-state index contributed by atoms with van der Waals surface area (Å²) in [7, 11) is 4.01. The fourth-order valence-electron chi connectivity index (χ4n) is 2.77. The Hall–Kier alpha value is -1.81. The smallest absolute Gasteiger partial charge is 0.132 e. The SMILES string of the molecule is CNC[C@H]1CCOc2c(-c3cncn3C)cccc21. The minimum Gasteiger partial charge on any atom is -0.493 e. The molecule has 1 N–H and O–H groups in total. The zero-order valence-corrected chi connectivity index (χ0v) is 11.4. The second kappa shape index (κ2) is 5.05. The van der Waals surface area contributed by atoms with Gasteiger partial charge in [0.05, 0.1) is 24.8 Å². The lowest BCUT2D eigenvalue weighted by Gasteiger charge is -2.27. The zero-order chi connectivity index (χ0) is 13.2. The van der Waals surface area contributed by atoms with Crippen molar-refractivity contribution in [3.8, 4) is 17.0 Å². The van der Waals surface area contributed by atoms with Gasteiger partial charge in [0.25, 0.3) is 0 Å². The van der Waals surface area contributed by atoms with Crippen molar-refractivity contribution in [3.05, 3.63) is 36.3 Å². The average Bonchev–Trinajstić information content (AvgIpc) is 2.85. The van der Waals surface area contributed by atoms with Crippen LogP contribution in [0.1, 0.15) is 17.9 Å². The van der Waals surface area contributed by atoms with Crippen LogP contribution in [-0.2, 0) is 7.05 Å². The van der Waals surface area contributed by atoms with E-state index >= 15 is 0 Å². The maximum absolute atomic E-state index is 5.94. The predicted molar refractivity (Wildman–Crippen MR) is 75.4 cm³/mol. The largest absolute Gasteiger partial charge is 0.493 e. The van der Waals surface area contributed by atoms with Gasteiger partial charge in [-0.25, -0.2) is 4.98 Å². The van der Waals surface area contributed by atoms with Crippen LogP contribution in [0.25, 0.3) is 11.3 Å². The number of aromatic nitrogens is 2. The number of hydrogen-bond donors (Lipinski definition) is 1. The number of benzene rings is 1. The van der Waals surface area contributed by atoms with Gasteiger partial charge in [0.2, 0.25) is 0 Å². The number of aryl methyl sites for hydroxylation is 1. The molecular formula is C15H19N3O. The molecule has 3 rings (SSSR count). The molecule has 0 bridgehead atoms. The highest BCUT2D eigenvalue weighted by Gasteiger charge is 2.24. The first kappa shape index (κ1) is 12.2. The van der Waals surface area contributed by atoms with Crippen molar-refractivity contribution in [2.75, 3.05) is 20.2 Å². The molecule has 1 aliphatic rings. The molecule has 0 aliphatic carbocycles. The Morgan fingerprint density at radius 3 is 3.11 bits per heavy atom. The monoisotopic (exact) mass is 257 g/mol. The highest BCUT2D eigenvalue weighted by molar-refractivity contribution is 5.70. The number of likely N-dealkylation sites (N-methyl/N-ethyl adjacent to an activating group) is 1. The van der Waals surface area contributed by atoms with E-state index in [2.05, 4.69) is 28.5 Å². The minimum absolute atomic E-state index is 0.530. The Morgan fingerprint density at radius 1 is 1.47 bits per heavy atom. The second-order valence-corrected chi connectivity index (χ2v) is 5.01. The van der Waals surface area contributed by atoms with Crippen LogP contribution in [0.2, 0.25) is 0 Å². The van der Waals surface area contributed by atoms with Crippen LogP contribution in [0.4, 0.5) is 0 Å². The summed E-state index contributed by atoms with van der Waals surface area (Å²) >= 11 is 0. The van der Waals surface area contributed by atoms with Crippen molar-refractivity contribution in [2.45, 2.75) is 12.3 Å². The molecule has 0 unspecified atom stereocenters. The van der Waals surface area contributed by atoms with Crippen LogP contribution in [0.5, 0.6) is 5.75 Å². The van der Waals surface area contributed by atoms with Gasteiger partial charge in [-0.05, 0) is 25.1 Å². The molecule has 4 heteroatoms. The molecule has 4 nitrogen and oxygen atoms in total. The summed E-state index contributed by atoms with van der Waals surface area (Å²) in [5.74, 6) is 1.56. The van der Waals surface area contributed by atoms with Crippen molar-refractivity contribution < 1.29 is 4.74 Å². The predicted octanol–water partition coefficient (Wildman–Crippen LogP) is 2.17. The maximum Gasteiger partial charge on any atom is 0.132 e. The molecule has 0 radical (unpaired) electrons. The number of ether oxygens (including phenoxy) is 1. The lowest BCUT2D eigenvalue weighted by Crippen LogP contribution is -2.23. The average molecular weight is 257 g/mol. The summed E-state index contributed by atoms with van der Waals surface area (Å²) < 4.78 is 7.97. The van der Waals surface area contributed by atoms with Gasteiger partial charge in [-0.2, -0.15) is 0 Å². The van der Waals surface area contributed by atoms with E-state index in [4.69, 9.17) is 4.74 Å². The fraction of sp³-hybridized carbons (Fsp3) is 0.400. The van der Waals surface area contributed by atoms with Crippen molar-refractivity contribution in [1.82, 2.24) is 14.9 Å². The topological polar surface area (TPSA) is 39.1 Å². The number of fused-ring (bicyclic) bond motifs is 1. The van der Waals surface area contributed by atoms with E-state index in [0.717, 1.165) is 36.6 Å². The third-order valence-corrected chi connectivity index (χ3v) is 3.74. The lowest BCUT2D eigenvalue weighted by molar-refractivity contribution is 0.267. The molecule has 1 aromatic heterocycles. The Balaban J connectivity index is 2.09. The second-order valence-electron chi connectivity index (χ2n) is 5.01. The molecule has 100 valence electrons. The standard InChI is InChI=1S/C15H19N3O/c1-16-8-11-6-7-19-15-12(11)4-3-5-13(15)14-9-17-10-18(14)2/h3-5,9-11,16H,6-8H2,1-2H3/t11-/m1/s1. The van der Waals surface area contributed by atoms with E-state index in [-0.39, 0.29) is 0 Å². The van der Waals surface area contributed by atoms with Gasteiger partial charge in [0.15, 0.2) is 0 Å². The van der Waals surface area contributed by atoms with Crippen LogP contribution in [0.15, 0.2) is 30.7 Å². The van der Waals surface area contributed by atoms with Crippen molar-refractivity contribution >= 4 is 0 Å². The third-order valence-electron chi connectivity index (χ3n) is 3.74. The molecule has 1 aliphatic heterocycles. The summed E-state index contributed by atoms with van der Waals surface area (Å²) in [4.78, 5) is 4.20. The first-order valence-corrected chi connectivity index (χ1v) is 6.68. The number of para-hydroxylation sites is 1. The van der Waals surface area contributed by atoms with E-state index in [1.807, 2.05) is 31.2 Å². The van der Waals surface area contributed by atoms with E-state index in [9.17, 15) is 0 Å². The van der Waals surface area contributed by atoms with Crippen LogP contribution in [0, 0.1) is 0 Å². The summed E-state index contributed by atoms with van der Waals surface area (Å²) in [5, 5.41) is 3.27.